The molecule has 0 aromatic carbocycles. The topological polar surface area (TPSA) is 44.9 Å². The minimum atomic E-state index is -0.0729. The van der Waals surface area contributed by atoms with Crippen molar-refractivity contribution in [2.75, 3.05) is 32.7 Å². The highest BCUT2D eigenvalue weighted by Crippen LogP contribution is 2.21. The first-order valence-corrected chi connectivity index (χ1v) is 7.77. The van der Waals surface area contributed by atoms with Gasteiger partial charge >= 0.3 is 0 Å². The lowest BCUT2D eigenvalue weighted by Gasteiger charge is -2.35. The lowest BCUT2D eigenvalue weighted by molar-refractivity contribution is 0.199. The van der Waals surface area contributed by atoms with Gasteiger partial charge < -0.3 is 15.5 Å². The van der Waals surface area contributed by atoms with Crippen molar-refractivity contribution in [3.05, 3.63) is 0 Å². The van der Waals surface area contributed by atoms with Crippen LogP contribution in [0, 0.1) is 5.92 Å². The monoisotopic (exact) mass is 266 g/mol. The van der Waals surface area contributed by atoms with E-state index in [1.807, 2.05) is 0 Å². The van der Waals surface area contributed by atoms with E-state index in [0.717, 1.165) is 25.0 Å². The second-order valence-corrected chi connectivity index (χ2v) is 7.08. The molecule has 4 nitrogen and oxygen atoms in total. The van der Waals surface area contributed by atoms with E-state index in [1.54, 1.807) is 0 Å². The van der Waals surface area contributed by atoms with Crippen LogP contribution in [0.3, 0.4) is 0 Å². The Kier molecular flexibility index (Phi) is 4.71. The second-order valence-electron chi connectivity index (χ2n) is 7.08. The van der Waals surface area contributed by atoms with E-state index >= 15 is 0 Å². The minimum absolute atomic E-state index is 0.0729. The predicted octanol–water partition coefficient (Wildman–Crippen LogP) is 1.91. The van der Waals surface area contributed by atoms with E-state index in [2.05, 4.69) is 35.6 Å². The van der Waals surface area contributed by atoms with Crippen LogP contribution in [0.4, 0.5) is 0 Å². The zero-order chi connectivity index (χ0) is 13.9. The highest BCUT2D eigenvalue weighted by Gasteiger charge is 2.24. The first kappa shape index (κ1) is 14.6. The van der Waals surface area contributed by atoms with Crippen molar-refractivity contribution < 1.29 is 0 Å². The summed E-state index contributed by atoms with van der Waals surface area (Å²) in [4.78, 5) is 9.46. The first-order valence-electron chi connectivity index (χ1n) is 7.77. The van der Waals surface area contributed by atoms with Crippen molar-refractivity contribution in [3.8, 4) is 0 Å². The summed E-state index contributed by atoms with van der Waals surface area (Å²) in [5.41, 5.74) is 6.04. The molecule has 0 unspecified atom stereocenters. The summed E-state index contributed by atoms with van der Waals surface area (Å²) < 4.78 is 0. The Morgan fingerprint density at radius 3 is 2.21 bits per heavy atom. The zero-order valence-corrected chi connectivity index (χ0v) is 12.9. The lowest BCUT2D eigenvalue weighted by atomic mass is 9.96. The molecule has 0 bridgehead atoms. The van der Waals surface area contributed by atoms with Crippen LogP contribution in [0.1, 0.15) is 46.5 Å². The Balaban J connectivity index is 1.77. The number of nitrogens with zero attached hydrogens (tertiary/aromatic N) is 3. The third-order valence-corrected chi connectivity index (χ3v) is 4.10. The van der Waals surface area contributed by atoms with Crippen molar-refractivity contribution >= 4 is 5.96 Å². The molecule has 2 aliphatic rings. The molecule has 0 atom stereocenters. The van der Waals surface area contributed by atoms with Gasteiger partial charge in [-0.15, -0.1) is 0 Å². The van der Waals surface area contributed by atoms with Crippen LogP contribution >= 0.6 is 0 Å². The number of guanidine groups is 1. The molecule has 2 aliphatic heterocycles. The van der Waals surface area contributed by atoms with E-state index in [1.165, 1.54) is 45.3 Å². The molecule has 0 spiro atoms. The van der Waals surface area contributed by atoms with Gasteiger partial charge in [0.1, 0.15) is 0 Å². The van der Waals surface area contributed by atoms with Crippen molar-refractivity contribution in [1.29, 1.82) is 0 Å². The van der Waals surface area contributed by atoms with E-state index in [9.17, 15) is 0 Å². The predicted molar refractivity (Wildman–Crippen MR) is 81.3 cm³/mol. The van der Waals surface area contributed by atoms with Gasteiger partial charge in [-0.05, 0) is 65.5 Å². The number of hydrogen-bond donors (Lipinski definition) is 1. The van der Waals surface area contributed by atoms with Gasteiger partial charge in [-0.25, -0.2) is 4.99 Å². The molecule has 0 saturated carbocycles. The third kappa shape index (κ3) is 4.68. The van der Waals surface area contributed by atoms with Crippen LogP contribution in [0.5, 0.6) is 0 Å². The molecule has 2 fully saturated rings. The number of nitrogens with two attached hydrogens (primary N) is 1. The Hall–Kier alpha value is -0.770. The molecule has 4 heteroatoms. The fourth-order valence-corrected chi connectivity index (χ4v) is 3.09. The zero-order valence-electron chi connectivity index (χ0n) is 12.9. The van der Waals surface area contributed by atoms with Gasteiger partial charge in [0.25, 0.3) is 0 Å². The number of hydrogen-bond acceptors (Lipinski definition) is 2. The van der Waals surface area contributed by atoms with E-state index in [4.69, 9.17) is 5.73 Å². The standard InChI is InChI=1S/C15H30N4/c1-15(2,3)17-14(16)19-10-6-13(7-11-19)12-18-8-4-5-9-18/h13H,4-12H2,1-3H3,(H2,16,17). The molecule has 2 rings (SSSR count). The molecule has 2 N–H and O–H groups in total. The number of likely N-dealkylation sites (tertiary alicyclic amines) is 2. The molecule has 0 amide bonds. The summed E-state index contributed by atoms with van der Waals surface area (Å²) in [6.45, 7) is 12.4. The highest BCUT2D eigenvalue weighted by molar-refractivity contribution is 5.78. The molecular formula is C15H30N4. The van der Waals surface area contributed by atoms with Gasteiger partial charge in [-0.1, -0.05) is 0 Å². The SMILES string of the molecule is CC(C)(C)N=C(N)N1CCC(CN2CCCC2)CC1. The quantitative estimate of drug-likeness (QED) is 0.613. The van der Waals surface area contributed by atoms with Crippen molar-refractivity contribution in [2.24, 2.45) is 16.6 Å². The Morgan fingerprint density at radius 2 is 1.68 bits per heavy atom. The summed E-state index contributed by atoms with van der Waals surface area (Å²) in [5, 5.41) is 0. The lowest BCUT2D eigenvalue weighted by Crippen LogP contribution is -2.45. The van der Waals surface area contributed by atoms with Gasteiger partial charge in [-0.3, -0.25) is 0 Å². The van der Waals surface area contributed by atoms with Crippen LogP contribution in [0.2, 0.25) is 0 Å². The van der Waals surface area contributed by atoms with Crippen molar-refractivity contribution in [1.82, 2.24) is 9.80 Å². The summed E-state index contributed by atoms with van der Waals surface area (Å²) in [7, 11) is 0. The van der Waals surface area contributed by atoms with Crippen LogP contribution in [0.25, 0.3) is 0 Å². The number of aliphatic imine (C=N–C) groups is 1. The number of rotatable bonds is 2. The average Bonchev–Trinajstić information content (AvgIpc) is 2.80. The van der Waals surface area contributed by atoms with Crippen molar-refractivity contribution in [3.63, 3.8) is 0 Å². The molecule has 2 saturated heterocycles. The normalized spacial score (nSPS) is 24.2. The van der Waals surface area contributed by atoms with Crippen LogP contribution in [-0.4, -0.2) is 54.0 Å². The summed E-state index contributed by atoms with van der Waals surface area (Å²) >= 11 is 0. The van der Waals surface area contributed by atoms with Gasteiger partial charge in [0.2, 0.25) is 0 Å². The van der Waals surface area contributed by atoms with Crippen LogP contribution < -0.4 is 5.73 Å². The summed E-state index contributed by atoms with van der Waals surface area (Å²) in [6.07, 6.45) is 5.31. The molecule has 2 heterocycles. The second kappa shape index (κ2) is 6.12. The first-order chi connectivity index (χ1) is 8.94. The molecule has 110 valence electrons. The fraction of sp³-hybridized carbons (Fsp3) is 0.933. The Labute approximate surface area is 118 Å². The molecule has 0 aromatic rings. The Bertz CT molecular complexity index is 305. The molecule has 0 aliphatic carbocycles. The van der Waals surface area contributed by atoms with E-state index in [-0.39, 0.29) is 5.54 Å². The maximum absolute atomic E-state index is 6.11. The molecule has 0 radical (unpaired) electrons. The van der Waals surface area contributed by atoms with Gasteiger partial charge in [-0.2, -0.15) is 0 Å². The van der Waals surface area contributed by atoms with Crippen LogP contribution in [0.15, 0.2) is 4.99 Å². The summed E-state index contributed by atoms with van der Waals surface area (Å²) in [5.74, 6) is 1.59. The molecule has 0 aromatic heterocycles. The van der Waals surface area contributed by atoms with E-state index < -0.39 is 0 Å². The van der Waals surface area contributed by atoms with E-state index in [0.29, 0.717) is 0 Å². The smallest absolute Gasteiger partial charge is 0.191 e. The van der Waals surface area contributed by atoms with Crippen molar-refractivity contribution in [2.45, 2.75) is 52.0 Å². The maximum Gasteiger partial charge on any atom is 0.191 e. The fourth-order valence-electron chi connectivity index (χ4n) is 3.09. The number of piperidine rings is 1. The van der Waals surface area contributed by atoms with Gasteiger partial charge in [0, 0.05) is 19.6 Å². The highest BCUT2D eigenvalue weighted by atomic mass is 15.3. The summed E-state index contributed by atoms with van der Waals surface area (Å²) in [6, 6.07) is 0. The van der Waals surface area contributed by atoms with Gasteiger partial charge in [0.15, 0.2) is 5.96 Å². The Morgan fingerprint density at radius 1 is 1.11 bits per heavy atom. The largest absolute Gasteiger partial charge is 0.370 e. The minimum Gasteiger partial charge on any atom is -0.370 e. The molecule has 19 heavy (non-hydrogen) atoms. The maximum atomic E-state index is 6.11. The average molecular weight is 266 g/mol. The molecular weight excluding hydrogens is 236 g/mol. The third-order valence-electron chi connectivity index (χ3n) is 4.10. The van der Waals surface area contributed by atoms with Gasteiger partial charge in [0.05, 0.1) is 5.54 Å². The van der Waals surface area contributed by atoms with Crippen LogP contribution in [-0.2, 0) is 0 Å².